The Morgan fingerprint density at radius 2 is 1.70 bits per heavy atom. The van der Waals surface area contributed by atoms with Gasteiger partial charge in [-0.15, -0.1) is 11.6 Å². The summed E-state index contributed by atoms with van der Waals surface area (Å²) in [6.07, 6.45) is 0. The largest absolute Gasteiger partial charge is 0.423 e. The van der Waals surface area contributed by atoms with Gasteiger partial charge in [-0.05, 0) is 31.8 Å². The van der Waals surface area contributed by atoms with Crippen molar-refractivity contribution in [2.75, 3.05) is 20.6 Å². The van der Waals surface area contributed by atoms with Gasteiger partial charge in [-0.3, -0.25) is 9.59 Å². The quantitative estimate of drug-likeness (QED) is 0.475. The molecule has 0 radical (unpaired) electrons. The van der Waals surface area contributed by atoms with Crippen LogP contribution in [0.15, 0.2) is 18.2 Å². The van der Waals surface area contributed by atoms with Crippen LogP contribution in [-0.2, 0) is 9.59 Å². The molecule has 0 aliphatic rings. The number of nitrogens with zero attached hydrogens (tertiary/aromatic N) is 1. The molecule has 0 saturated carbocycles. The molecule has 1 aromatic carbocycles. The van der Waals surface area contributed by atoms with Gasteiger partial charge in [0.2, 0.25) is 0 Å². The van der Waals surface area contributed by atoms with E-state index < -0.39 is 11.9 Å². The number of carbonyl (C=O) groups is 2. The normalized spacial score (nSPS) is 12.1. The summed E-state index contributed by atoms with van der Waals surface area (Å²) in [5, 5.41) is -0.259. The number of hydrogen-bond donors (Lipinski definition) is 0. The zero-order chi connectivity index (χ0) is 15.3. The van der Waals surface area contributed by atoms with Crippen molar-refractivity contribution in [2.24, 2.45) is 0 Å². The molecule has 0 heterocycles. The number of esters is 2. The molecule has 0 spiro atoms. The topological polar surface area (TPSA) is 55.8 Å². The Labute approximate surface area is 123 Å². The lowest BCUT2D eigenvalue weighted by Gasteiger charge is -2.17. The van der Waals surface area contributed by atoms with Gasteiger partial charge in [0, 0.05) is 20.4 Å². The Balaban J connectivity index is 3.06. The van der Waals surface area contributed by atoms with Crippen molar-refractivity contribution in [1.82, 2.24) is 4.90 Å². The summed E-state index contributed by atoms with van der Waals surface area (Å²) >= 11 is 6.28. The number of carbonyl (C=O) groups excluding carboxylic acids is 2. The lowest BCUT2D eigenvalue weighted by molar-refractivity contribution is -0.134. The van der Waals surface area contributed by atoms with Gasteiger partial charge in [0.25, 0.3) is 0 Å². The first-order chi connectivity index (χ1) is 9.29. The number of hydrogen-bond acceptors (Lipinski definition) is 5. The molecule has 6 heteroatoms. The maximum absolute atomic E-state index is 11.1. The standard InChI is InChI=1S/C14H18ClNO4/c1-9(17)19-13-6-5-11(12(15)8-16(3)4)7-14(13)20-10(2)18/h5-7,12H,8H2,1-4H3. The number of halogens is 1. The van der Waals surface area contributed by atoms with Crippen LogP contribution in [0, 0.1) is 0 Å². The molecule has 20 heavy (non-hydrogen) atoms. The van der Waals surface area contributed by atoms with E-state index in [1.165, 1.54) is 13.8 Å². The van der Waals surface area contributed by atoms with E-state index in [-0.39, 0.29) is 16.9 Å². The van der Waals surface area contributed by atoms with Crippen molar-refractivity contribution in [3.63, 3.8) is 0 Å². The Hall–Kier alpha value is -1.59. The molecule has 5 nitrogen and oxygen atoms in total. The van der Waals surface area contributed by atoms with Crippen molar-refractivity contribution in [2.45, 2.75) is 19.2 Å². The Bertz CT molecular complexity index is 502. The summed E-state index contributed by atoms with van der Waals surface area (Å²) in [6.45, 7) is 3.19. The molecule has 0 aliphatic carbocycles. The zero-order valence-electron chi connectivity index (χ0n) is 12.0. The first-order valence-corrected chi connectivity index (χ1v) is 6.53. The molecular weight excluding hydrogens is 282 g/mol. The minimum atomic E-state index is -0.491. The van der Waals surface area contributed by atoms with Crippen LogP contribution in [0.2, 0.25) is 0 Å². The first-order valence-electron chi connectivity index (χ1n) is 6.09. The predicted octanol–water partition coefficient (Wildman–Crippen LogP) is 2.38. The Morgan fingerprint density at radius 3 is 2.20 bits per heavy atom. The van der Waals surface area contributed by atoms with Crippen molar-refractivity contribution >= 4 is 23.5 Å². The molecule has 1 aromatic rings. The van der Waals surface area contributed by atoms with Gasteiger partial charge in [0.1, 0.15) is 0 Å². The molecule has 0 N–H and O–H groups in total. The summed E-state index contributed by atoms with van der Waals surface area (Å²) in [5.41, 5.74) is 0.785. The van der Waals surface area contributed by atoms with Crippen LogP contribution in [0.3, 0.4) is 0 Å². The molecular formula is C14H18ClNO4. The average Bonchev–Trinajstić information content (AvgIpc) is 2.29. The summed E-state index contributed by atoms with van der Waals surface area (Å²) in [4.78, 5) is 24.1. The maximum Gasteiger partial charge on any atom is 0.308 e. The lowest BCUT2D eigenvalue weighted by atomic mass is 10.1. The van der Waals surface area contributed by atoms with Crippen molar-refractivity contribution in [1.29, 1.82) is 0 Å². The van der Waals surface area contributed by atoms with E-state index in [9.17, 15) is 9.59 Å². The average molecular weight is 300 g/mol. The third kappa shape index (κ3) is 5.19. The van der Waals surface area contributed by atoms with Crippen LogP contribution in [0.1, 0.15) is 24.8 Å². The molecule has 0 saturated heterocycles. The van der Waals surface area contributed by atoms with E-state index in [4.69, 9.17) is 21.1 Å². The first kappa shape index (κ1) is 16.5. The zero-order valence-corrected chi connectivity index (χ0v) is 12.7. The highest BCUT2D eigenvalue weighted by Crippen LogP contribution is 2.33. The molecule has 1 rings (SSSR count). The molecule has 0 fully saturated rings. The third-order valence-corrected chi connectivity index (χ3v) is 2.75. The number of likely N-dealkylation sites (N-methyl/N-ethyl adjacent to an activating group) is 1. The molecule has 0 bridgehead atoms. The highest BCUT2D eigenvalue weighted by Gasteiger charge is 2.15. The van der Waals surface area contributed by atoms with Crippen LogP contribution in [0.4, 0.5) is 0 Å². The maximum atomic E-state index is 11.1. The second-order valence-corrected chi connectivity index (χ2v) is 5.15. The third-order valence-electron chi connectivity index (χ3n) is 2.36. The van der Waals surface area contributed by atoms with Gasteiger partial charge in [-0.1, -0.05) is 6.07 Å². The SMILES string of the molecule is CC(=O)Oc1ccc(C(Cl)CN(C)C)cc1OC(C)=O. The van der Waals surface area contributed by atoms with Gasteiger partial charge in [-0.2, -0.15) is 0 Å². The van der Waals surface area contributed by atoms with E-state index in [2.05, 4.69) is 0 Å². The van der Waals surface area contributed by atoms with E-state index in [0.717, 1.165) is 5.56 Å². The highest BCUT2D eigenvalue weighted by atomic mass is 35.5. The monoisotopic (exact) mass is 299 g/mol. The summed E-state index contributed by atoms with van der Waals surface area (Å²) < 4.78 is 10.0. The smallest absolute Gasteiger partial charge is 0.308 e. The van der Waals surface area contributed by atoms with Crippen LogP contribution in [0.25, 0.3) is 0 Å². The van der Waals surface area contributed by atoms with Crippen molar-refractivity contribution < 1.29 is 19.1 Å². The molecule has 1 atom stereocenters. The predicted molar refractivity (Wildman–Crippen MR) is 76.2 cm³/mol. The van der Waals surface area contributed by atoms with Gasteiger partial charge in [0.15, 0.2) is 11.5 Å². The van der Waals surface area contributed by atoms with E-state index in [1.807, 2.05) is 19.0 Å². The fourth-order valence-electron chi connectivity index (χ4n) is 1.62. The Morgan fingerprint density at radius 1 is 1.15 bits per heavy atom. The fourth-order valence-corrected chi connectivity index (χ4v) is 2.03. The molecule has 0 amide bonds. The minimum absolute atomic E-state index is 0.189. The number of rotatable bonds is 5. The minimum Gasteiger partial charge on any atom is -0.423 e. The van der Waals surface area contributed by atoms with Crippen LogP contribution >= 0.6 is 11.6 Å². The van der Waals surface area contributed by atoms with E-state index in [1.54, 1.807) is 18.2 Å². The summed E-state index contributed by atoms with van der Waals surface area (Å²) in [7, 11) is 3.82. The molecule has 0 aliphatic heterocycles. The number of benzene rings is 1. The summed E-state index contributed by atoms with van der Waals surface area (Å²) in [5.74, 6) is -0.587. The highest BCUT2D eigenvalue weighted by molar-refractivity contribution is 6.21. The van der Waals surface area contributed by atoms with E-state index in [0.29, 0.717) is 6.54 Å². The Kier molecular flexibility index (Phi) is 5.98. The second kappa shape index (κ2) is 7.26. The van der Waals surface area contributed by atoms with Crippen LogP contribution < -0.4 is 9.47 Å². The van der Waals surface area contributed by atoms with E-state index >= 15 is 0 Å². The van der Waals surface area contributed by atoms with Crippen molar-refractivity contribution in [3.8, 4) is 11.5 Å². The fraction of sp³-hybridized carbons (Fsp3) is 0.429. The number of ether oxygens (including phenoxy) is 2. The van der Waals surface area contributed by atoms with Crippen LogP contribution in [-0.4, -0.2) is 37.5 Å². The van der Waals surface area contributed by atoms with Gasteiger partial charge < -0.3 is 14.4 Å². The van der Waals surface area contributed by atoms with Crippen molar-refractivity contribution in [3.05, 3.63) is 23.8 Å². The second-order valence-electron chi connectivity index (χ2n) is 4.62. The van der Waals surface area contributed by atoms with Gasteiger partial charge in [0.05, 0.1) is 5.38 Å². The molecule has 0 aromatic heterocycles. The molecule has 110 valence electrons. The molecule has 1 unspecified atom stereocenters. The lowest BCUT2D eigenvalue weighted by Crippen LogP contribution is -2.17. The van der Waals surface area contributed by atoms with Crippen LogP contribution in [0.5, 0.6) is 11.5 Å². The van der Waals surface area contributed by atoms with Gasteiger partial charge in [-0.25, -0.2) is 0 Å². The van der Waals surface area contributed by atoms with Gasteiger partial charge >= 0.3 is 11.9 Å². The summed E-state index contributed by atoms with van der Waals surface area (Å²) in [6, 6.07) is 4.92. The number of alkyl halides is 1.